The second-order valence-corrected chi connectivity index (χ2v) is 13.1. The smallest absolute Gasteiger partial charge is 0.0607 e. The SMILES string of the molecule is CC(C)CCC[C@@H](C)[C@H]1CCC2C3C[C@@H](O)[C@]45CC4CC[C@]5(C)C3CC[C@@]21C. The Hall–Kier alpha value is -0.0400. The number of rotatable bonds is 5. The van der Waals surface area contributed by atoms with Gasteiger partial charge in [-0.2, -0.15) is 0 Å². The summed E-state index contributed by atoms with van der Waals surface area (Å²) in [4.78, 5) is 0. The average molecular weight is 387 g/mol. The van der Waals surface area contributed by atoms with Crippen LogP contribution in [0.2, 0.25) is 0 Å². The Morgan fingerprint density at radius 3 is 2.43 bits per heavy atom. The summed E-state index contributed by atoms with van der Waals surface area (Å²) in [6, 6.07) is 0. The van der Waals surface area contributed by atoms with E-state index in [0.29, 0.717) is 16.2 Å². The summed E-state index contributed by atoms with van der Waals surface area (Å²) in [5.41, 5.74) is 1.37. The first kappa shape index (κ1) is 19.9. The van der Waals surface area contributed by atoms with Crippen LogP contribution >= 0.6 is 0 Å². The molecule has 5 aliphatic rings. The van der Waals surface area contributed by atoms with Gasteiger partial charge in [-0.25, -0.2) is 0 Å². The first-order chi connectivity index (χ1) is 13.2. The molecule has 1 heteroatoms. The Kier molecular flexibility index (Phi) is 4.60. The molecule has 28 heavy (non-hydrogen) atoms. The molecule has 0 aromatic heterocycles. The van der Waals surface area contributed by atoms with Crippen molar-refractivity contribution in [1.82, 2.24) is 0 Å². The van der Waals surface area contributed by atoms with E-state index in [0.717, 1.165) is 47.8 Å². The average Bonchev–Trinajstić information content (AvgIpc) is 3.15. The Bertz CT molecular complexity index is 611. The predicted molar refractivity (Wildman–Crippen MR) is 117 cm³/mol. The second-order valence-electron chi connectivity index (χ2n) is 13.1. The van der Waals surface area contributed by atoms with Crippen molar-refractivity contribution in [2.75, 3.05) is 0 Å². The van der Waals surface area contributed by atoms with Gasteiger partial charge >= 0.3 is 0 Å². The summed E-state index contributed by atoms with van der Waals surface area (Å²) in [7, 11) is 0. The van der Waals surface area contributed by atoms with Crippen molar-refractivity contribution in [2.45, 2.75) is 111 Å². The molecule has 1 N–H and O–H groups in total. The minimum absolute atomic E-state index is 0.0103. The van der Waals surface area contributed by atoms with Crippen LogP contribution in [0.25, 0.3) is 0 Å². The summed E-state index contributed by atoms with van der Waals surface area (Å²) in [5, 5.41) is 11.3. The van der Waals surface area contributed by atoms with E-state index in [9.17, 15) is 5.11 Å². The van der Waals surface area contributed by atoms with Crippen molar-refractivity contribution in [1.29, 1.82) is 0 Å². The van der Waals surface area contributed by atoms with Gasteiger partial charge in [-0.1, -0.05) is 53.9 Å². The van der Waals surface area contributed by atoms with Crippen molar-refractivity contribution in [3.8, 4) is 0 Å². The lowest BCUT2D eigenvalue weighted by atomic mass is 9.45. The summed E-state index contributed by atoms with van der Waals surface area (Å²) in [6.45, 7) is 12.6. The van der Waals surface area contributed by atoms with Crippen molar-refractivity contribution < 1.29 is 5.11 Å². The van der Waals surface area contributed by atoms with Crippen molar-refractivity contribution in [2.24, 2.45) is 57.7 Å². The lowest BCUT2D eigenvalue weighted by Gasteiger charge is -2.60. The van der Waals surface area contributed by atoms with Gasteiger partial charge in [0.25, 0.3) is 0 Å². The molecular formula is C27H46O. The van der Waals surface area contributed by atoms with Gasteiger partial charge in [0.05, 0.1) is 6.10 Å². The maximum Gasteiger partial charge on any atom is 0.0607 e. The molecule has 0 radical (unpaired) electrons. The van der Waals surface area contributed by atoms with Crippen LogP contribution in [-0.2, 0) is 0 Å². The van der Waals surface area contributed by atoms with Crippen LogP contribution in [0, 0.1) is 57.7 Å². The predicted octanol–water partition coefficient (Wildman–Crippen LogP) is 7.08. The summed E-state index contributed by atoms with van der Waals surface area (Å²) in [6.07, 6.45) is 15.4. The van der Waals surface area contributed by atoms with Crippen molar-refractivity contribution in [3.63, 3.8) is 0 Å². The maximum absolute atomic E-state index is 11.3. The second kappa shape index (κ2) is 6.48. The van der Waals surface area contributed by atoms with Crippen molar-refractivity contribution in [3.05, 3.63) is 0 Å². The fourth-order valence-electron chi connectivity index (χ4n) is 10.3. The van der Waals surface area contributed by atoms with Gasteiger partial charge < -0.3 is 5.11 Å². The first-order valence-corrected chi connectivity index (χ1v) is 12.9. The van der Waals surface area contributed by atoms with E-state index >= 15 is 0 Å². The number of aliphatic hydroxyl groups is 1. The third-order valence-corrected chi connectivity index (χ3v) is 11.8. The van der Waals surface area contributed by atoms with Gasteiger partial charge in [0.15, 0.2) is 0 Å². The standard InChI is InChI=1S/C27H46O/c1-17(2)7-6-8-18(3)21-9-10-22-20-15-24(28)27-16-19(27)11-14-26(27,5)23(20)12-13-25(21,22)4/h17-24,28H,6-16H2,1-5H3/t18-,19?,20?,21-,22?,23?,24-,25-,26-,27+/m1/s1. The topological polar surface area (TPSA) is 20.2 Å². The molecule has 5 aliphatic carbocycles. The zero-order chi connectivity index (χ0) is 19.9. The molecule has 4 unspecified atom stereocenters. The van der Waals surface area contributed by atoms with E-state index in [2.05, 4.69) is 34.6 Å². The van der Waals surface area contributed by atoms with Gasteiger partial charge in [0.2, 0.25) is 0 Å². The molecule has 5 fully saturated rings. The van der Waals surface area contributed by atoms with Crippen LogP contribution < -0.4 is 0 Å². The zero-order valence-corrected chi connectivity index (χ0v) is 19.3. The van der Waals surface area contributed by atoms with E-state index in [1.54, 1.807) is 0 Å². The molecular weight excluding hydrogens is 340 g/mol. The molecule has 0 aromatic carbocycles. The normalized spacial score (nSPS) is 55.4. The van der Waals surface area contributed by atoms with Crippen LogP contribution in [-0.4, -0.2) is 11.2 Å². The third kappa shape index (κ3) is 2.47. The number of hydrogen-bond donors (Lipinski definition) is 1. The molecule has 1 spiro atoms. The van der Waals surface area contributed by atoms with Gasteiger partial charge in [0.1, 0.15) is 0 Å². The van der Waals surface area contributed by atoms with Gasteiger partial charge in [-0.05, 0) is 104 Å². The Morgan fingerprint density at radius 2 is 1.71 bits per heavy atom. The van der Waals surface area contributed by atoms with E-state index in [1.807, 2.05) is 0 Å². The third-order valence-electron chi connectivity index (χ3n) is 11.8. The number of fused-ring (bicyclic) bond motifs is 4. The van der Waals surface area contributed by atoms with E-state index in [4.69, 9.17) is 0 Å². The Labute approximate surface area is 174 Å². The zero-order valence-electron chi connectivity index (χ0n) is 19.3. The molecule has 10 atom stereocenters. The fourth-order valence-corrected chi connectivity index (χ4v) is 10.3. The van der Waals surface area contributed by atoms with Crippen LogP contribution in [0.4, 0.5) is 0 Å². The Balaban J connectivity index is 1.34. The quantitative estimate of drug-likeness (QED) is 0.535. The minimum atomic E-state index is 0.0103. The van der Waals surface area contributed by atoms with E-state index in [-0.39, 0.29) is 6.10 Å². The summed E-state index contributed by atoms with van der Waals surface area (Å²) >= 11 is 0. The molecule has 0 amide bonds. The van der Waals surface area contributed by atoms with Crippen LogP contribution in [0.5, 0.6) is 0 Å². The highest BCUT2D eigenvalue weighted by Crippen LogP contribution is 2.81. The highest BCUT2D eigenvalue weighted by molar-refractivity contribution is 5.25. The molecule has 0 aromatic rings. The molecule has 160 valence electrons. The van der Waals surface area contributed by atoms with Crippen LogP contribution in [0.3, 0.4) is 0 Å². The minimum Gasteiger partial charge on any atom is -0.393 e. The lowest BCUT2D eigenvalue weighted by molar-refractivity contribution is -0.152. The van der Waals surface area contributed by atoms with E-state index in [1.165, 1.54) is 64.2 Å². The molecule has 5 saturated carbocycles. The Morgan fingerprint density at radius 1 is 0.929 bits per heavy atom. The van der Waals surface area contributed by atoms with Crippen molar-refractivity contribution >= 4 is 0 Å². The number of aliphatic hydroxyl groups excluding tert-OH is 1. The highest BCUT2D eigenvalue weighted by Gasteiger charge is 2.77. The summed E-state index contributed by atoms with van der Waals surface area (Å²) in [5.74, 6) is 6.17. The molecule has 0 saturated heterocycles. The molecule has 0 heterocycles. The van der Waals surface area contributed by atoms with Gasteiger partial charge in [-0.15, -0.1) is 0 Å². The van der Waals surface area contributed by atoms with Gasteiger partial charge in [0, 0.05) is 5.41 Å². The van der Waals surface area contributed by atoms with Gasteiger partial charge in [-0.3, -0.25) is 0 Å². The summed E-state index contributed by atoms with van der Waals surface area (Å²) < 4.78 is 0. The van der Waals surface area contributed by atoms with Crippen LogP contribution in [0.1, 0.15) is 105 Å². The molecule has 1 nitrogen and oxygen atoms in total. The van der Waals surface area contributed by atoms with Crippen LogP contribution in [0.15, 0.2) is 0 Å². The molecule has 0 aliphatic heterocycles. The fraction of sp³-hybridized carbons (Fsp3) is 1.00. The van der Waals surface area contributed by atoms with E-state index < -0.39 is 0 Å². The molecule has 5 rings (SSSR count). The monoisotopic (exact) mass is 386 g/mol. The number of hydrogen-bond acceptors (Lipinski definition) is 1. The largest absolute Gasteiger partial charge is 0.393 e. The first-order valence-electron chi connectivity index (χ1n) is 12.9. The molecule has 0 bridgehead atoms. The highest BCUT2D eigenvalue weighted by atomic mass is 16.3. The lowest BCUT2D eigenvalue weighted by Crippen LogP contribution is -2.56. The maximum atomic E-state index is 11.3.